The molecule has 0 unspecified atom stereocenters. The predicted octanol–water partition coefficient (Wildman–Crippen LogP) is 2.79. The molecular weight excluding hydrogens is 526 g/mol. The Hall–Kier alpha value is -2.85. The predicted molar refractivity (Wildman–Crippen MR) is 133 cm³/mol. The number of nitrogens with zero attached hydrogens (tertiary/aromatic N) is 4. The summed E-state index contributed by atoms with van der Waals surface area (Å²) < 4.78 is 7.41. The van der Waals surface area contributed by atoms with Crippen molar-refractivity contribution in [2.45, 2.75) is 69.2 Å². The Morgan fingerprint density at radius 1 is 1.03 bits per heavy atom. The SMILES string of the molecule is O=C1CC[C@H](N2Cc3cc(O[C@@H]4CCCC[C@@H]4N4CC(c5ncc(Br)cn5)C4)ccc3C2=O)C(=O)N1. The Morgan fingerprint density at radius 2 is 1.81 bits per heavy atom. The van der Waals surface area contributed by atoms with E-state index in [0.29, 0.717) is 30.5 Å². The number of benzene rings is 1. The molecule has 1 saturated carbocycles. The molecule has 10 heteroatoms. The first kappa shape index (κ1) is 23.5. The number of hydrogen-bond acceptors (Lipinski definition) is 7. The molecule has 188 valence electrons. The van der Waals surface area contributed by atoms with E-state index in [4.69, 9.17) is 4.74 Å². The van der Waals surface area contributed by atoms with Crippen LogP contribution >= 0.6 is 15.9 Å². The number of ether oxygens (including phenoxy) is 1. The molecule has 1 aromatic carbocycles. The van der Waals surface area contributed by atoms with Gasteiger partial charge in [-0.1, -0.05) is 6.42 Å². The summed E-state index contributed by atoms with van der Waals surface area (Å²) >= 11 is 3.40. The number of piperidine rings is 1. The van der Waals surface area contributed by atoms with Crippen LogP contribution < -0.4 is 10.1 Å². The van der Waals surface area contributed by atoms with E-state index in [1.807, 2.05) is 12.1 Å². The van der Waals surface area contributed by atoms with Crippen LogP contribution in [0.2, 0.25) is 0 Å². The summed E-state index contributed by atoms with van der Waals surface area (Å²) in [5.74, 6) is 1.17. The molecule has 0 bridgehead atoms. The molecule has 4 heterocycles. The molecule has 0 radical (unpaired) electrons. The highest BCUT2D eigenvalue weighted by Crippen LogP contribution is 2.36. The largest absolute Gasteiger partial charge is 0.489 e. The standard InChI is InChI=1S/C26H28BrN5O4/c27-17-10-28-24(29-11-17)16-12-31(13-16)20-3-1-2-4-22(20)36-18-5-6-19-15(9-18)14-32(26(19)35)21-7-8-23(33)30-25(21)34/h5-6,9-11,16,20-22H,1-4,7-8,12-14H2,(H,30,33,34)/t20-,21-,22+/m0/s1. The van der Waals surface area contributed by atoms with E-state index in [-0.39, 0.29) is 24.3 Å². The Balaban J connectivity index is 1.11. The van der Waals surface area contributed by atoms with Crippen LogP contribution in [0, 0.1) is 0 Å². The van der Waals surface area contributed by atoms with Crippen LogP contribution in [0.5, 0.6) is 5.75 Å². The second kappa shape index (κ2) is 9.55. The van der Waals surface area contributed by atoms with Crippen LogP contribution in [0.1, 0.15) is 66.2 Å². The van der Waals surface area contributed by atoms with E-state index in [0.717, 1.165) is 54.0 Å². The first-order chi connectivity index (χ1) is 17.5. The molecule has 1 aliphatic carbocycles. The normalized spacial score (nSPS) is 27.0. The van der Waals surface area contributed by atoms with Crippen molar-refractivity contribution in [3.05, 3.63) is 52.0 Å². The zero-order valence-electron chi connectivity index (χ0n) is 19.9. The second-order valence-electron chi connectivity index (χ2n) is 10.1. The van der Waals surface area contributed by atoms with E-state index in [1.54, 1.807) is 23.4 Å². The van der Waals surface area contributed by atoms with Gasteiger partial charge in [-0.2, -0.15) is 0 Å². The summed E-state index contributed by atoms with van der Waals surface area (Å²) in [5, 5.41) is 2.35. The van der Waals surface area contributed by atoms with Crippen molar-refractivity contribution in [1.82, 2.24) is 25.1 Å². The minimum Gasteiger partial charge on any atom is -0.489 e. The number of nitrogens with one attached hydrogen (secondary N) is 1. The van der Waals surface area contributed by atoms with E-state index in [9.17, 15) is 14.4 Å². The maximum Gasteiger partial charge on any atom is 0.255 e. The molecular formula is C26H28BrN5O4. The van der Waals surface area contributed by atoms with Crippen molar-refractivity contribution in [3.63, 3.8) is 0 Å². The van der Waals surface area contributed by atoms with E-state index >= 15 is 0 Å². The zero-order valence-corrected chi connectivity index (χ0v) is 21.4. The number of likely N-dealkylation sites (tertiary alicyclic amines) is 1. The van der Waals surface area contributed by atoms with Gasteiger partial charge in [0, 0.05) is 56.0 Å². The first-order valence-corrected chi connectivity index (χ1v) is 13.4. The number of aromatic nitrogens is 2. The lowest BCUT2D eigenvalue weighted by molar-refractivity contribution is -0.136. The van der Waals surface area contributed by atoms with Gasteiger partial charge < -0.3 is 9.64 Å². The number of rotatable bonds is 5. The van der Waals surface area contributed by atoms with Crippen LogP contribution in [0.3, 0.4) is 0 Å². The van der Waals surface area contributed by atoms with Crippen molar-refractivity contribution in [3.8, 4) is 5.75 Å². The summed E-state index contributed by atoms with van der Waals surface area (Å²) in [6.45, 7) is 2.23. The molecule has 3 atom stereocenters. The fraction of sp³-hybridized carbons (Fsp3) is 0.500. The van der Waals surface area contributed by atoms with Gasteiger partial charge in [0.25, 0.3) is 5.91 Å². The molecule has 9 nitrogen and oxygen atoms in total. The Morgan fingerprint density at radius 3 is 2.58 bits per heavy atom. The van der Waals surface area contributed by atoms with Gasteiger partial charge in [-0.25, -0.2) is 9.97 Å². The summed E-state index contributed by atoms with van der Waals surface area (Å²) in [5.41, 5.74) is 1.47. The van der Waals surface area contributed by atoms with Gasteiger partial charge >= 0.3 is 0 Å². The molecule has 1 aromatic heterocycles. The summed E-state index contributed by atoms with van der Waals surface area (Å²) in [7, 11) is 0. The maximum absolute atomic E-state index is 13.0. The molecule has 2 saturated heterocycles. The Kier molecular flexibility index (Phi) is 6.25. The monoisotopic (exact) mass is 553 g/mol. The van der Waals surface area contributed by atoms with Crippen LogP contribution in [0.4, 0.5) is 0 Å². The third-order valence-electron chi connectivity index (χ3n) is 7.83. The Bertz CT molecular complexity index is 1200. The number of carbonyl (C=O) groups is 3. The van der Waals surface area contributed by atoms with Crippen molar-refractivity contribution in [1.29, 1.82) is 0 Å². The minimum atomic E-state index is -0.608. The molecule has 3 amide bonds. The van der Waals surface area contributed by atoms with Gasteiger partial charge in [0.05, 0.1) is 4.47 Å². The fourth-order valence-corrected chi connectivity index (χ4v) is 6.12. The van der Waals surface area contributed by atoms with E-state index in [2.05, 4.69) is 36.1 Å². The van der Waals surface area contributed by atoms with Gasteiger partial charge in [0.2, 0.25) is 11.8 Å². The topological polar surface area (TPSA) is 105 Å². The Labute approximate surface area is 217 Å². The molecule has 0 spiro atoms. The van der Waals surface area contributed by atoms with E-state index in [1.165, 1.54) is 6.42 Å². The third-order valence-corrected chi connectivity index (χ3v) is 8.24. The molecule has 4 aliphatic rings. The highest BCUT2D eigenvalue weighted by molar-refractivity contribution is 9.10. The smallest absolute Gasteiger partial charge is 0.255 e. The number of halogens is 1. The number of carbonyl (C=O) groups excluding carboxylic acids is 3. The van der Waals surface area contributed by atoms with Crippen LogP contribution in [0.15, 0.2) is 35.1 Å². The fourth-order valence-electron chi connectivity index (χ4n) is 5.91. The number of hydrogen-bond donors (Lipinski definition) is 1. The average Bonchev–Trinajstić information content (AvgIpc) is 3.16. The lowest BCUT2D eigenvalue weighted by Gasteiger charge is -2.47. The van der Waals surface area contributed by atoms with E-state index < -0.39 is 11.9 Å². The molecule has 6 rings (SSSR count). The minimum absolute atomic E-state index is 0.0897. The number of imide groups is 1. The molecule has 2 aromatic rings. The van der Waals surface area contributed by atoms with Gasteiger partial charge in [-0.3, -0.25) is 24.6 Å². The molecule has 1 N–H and O–H groups in total. The van der Waals surface area contributed by atoms with Crippen LogP contribution in [0.25, 0.3) is 0 Å². The highest BCUT2D eigenvalue weighted by Gasteiger charge is 2.41. The van der Waals surface area contributed by atoms with Crippen LogP contribution in [-0.4, -0.2) is 68.8 Å². The van der Waals surface area contributed by atoms with Crippen LogP contribution in [-0.2, 0) is 16.1 Å². The van der Waals surface area contributed by atoms with Crippen molar-refractivity contribution in [2.75, 3.05) is 13.1 Å². The molecule has 3 aliphatic heterocycles. The molecule has 3 fully saturated rings. The average molecular weight is 554 g/mol. The van der Waals surface area contributed by atoms with Crippen molar-refractivity contribution in [2.24, 2.45) is 0 Å². The van der Waals surface area contributed by atoms with Crippen molar-refractivity contribution < 1.29 is 19.1 Å². The van der Waals surface area contributed by atoms with Gasteiger partial charge in [0.15, 0.2) is 0 Å². The zero-order chi connectivity index (χ0) is 24.8. The lowest BCUT2D eigenvalue weighted by Crippen LogP contribution is -2.57. The van der Waals surface area contributed by atoms with Gasteiger partial charge in [-0.15, -0.1) is 0 Å². The highest BCUT2D eigenvalue weighted by atomic mass is 79.9. The number of amides is 3. The maximum atomic E-state index is 13.0. The second-order valence-corrected chi connectivity index (χ2v) is 11.1. The first-order valence-electron chi connectivity index (χ1n) is 12.6. The lowest BCUT2D eigenvalue weighted by atomic mass is 9.86. The number of fused-ring (bicyclic) bond motifs is 1. The summed E-state index contributed by atoms with van der Waals surface area (Å²) in [4.78, 5) is 49.8. The van der Waals surface area contributed by atoms with Gasteiger partial charge in [0.1, 0.15) is 23.7 Å². The van der Waals surface area contributed by atoms with Crippen molar-refractivity contribution >= 4 is 33.7 Å². The third kappa shape index (κ3) is 4.41. The quantitative estimate of drug-likeness (QED) is 0.567. The van der Waals surface area contributed by atoms with Gasteiger partial charge in [-0.05, 0) is 65.4 Å². The summed E-state index contributed by atoms with van der Waals surface area (Å²) in [6, 6.07) is 5.36. The summed E-state index contributed by atoms with van der Waals surface area (Å²) in [6.07, 6.45) is 8.74. The molecule has 36 heavy (non-hydrogen) atoms.